The van der Waals surface area contributed by atoms with Crippen molar-refractivity contribution < 1.29 is 23.8 Å². The molecule has 0 spiro atoms. The van der Waals surface area contributed by atoms with Crippen molar-refractivity contribution in [1.29, 1.82) is 0 Å². The van der Waals surface area contributed by atoms with Crippen molar-refractivity contribution in [2.24, 2.45) is 0 Å². The second-order valence-corrected chi connectivity index (χ2v) is 14.7. The van der Waals surface area contributed by atoms with E-state index < -0.39 is 5.97 Å². The van der Waals surface area contributed by atoms with E-state index in [4.69, 9.17) is 14.2 Å². The molecule has 1 atom stereocenters. The zero-order valence-electron chi connectivity index (χ0n) is 32.8. The van der Waals surface area contributed by atoms with Gasteiger partial charge in [-0.1, -0.05) is 165 Å². The van der Waals surface area contributed by atoms with Crippen LogP contribution in [-0.2, 0) is 9.53 Å². The summed E-state index contributed by atoms with van der Waals surface area (Å²) in [5, 5.41) is 1.90. The van der Waals surface area contributed by atoms with Gasteiger partial charge in [0.15, 0.2) is 0 Å². The topological polar surface area (TPSA) is 61.8 Å². The molecule has 4 aromatic carbocycles. The zero-order valence-corrected chi connectivity index (χ0v) is 32.8. The van der Waals surface area contributed by atoms with Crippen molar-refractivity contribution in [3.63, 3.8) is 0 Å². The van der Waals surface area contributed by atoms with E-state index in [1.807, 2.05) is 61.5 Å². The monoisotopic (exact) mass is 720 g/mol. The Labute approximate surface area is 319 Å². The van der Waals surface area contributed by atoms with Crippen LogP contribution in [0.25, 0.3) is 21.9 Å². The molecule has 0 radical (unpaired) electrons. The fraction of sp³-hybridized carbons (Fsp3) is 0.500. The third-order valence-corrected chi connectivity index (χ3v) is 10.2. The zero-order chi connectivity index (χ0) is 37.5. The molecule has 0 aliphatic carbocycles. The van der Waals surface area contributed by atoms with E-state index in [-0.39, 0.29) is 11.9 Å². The maximum atomic E-state index is 13.0. The first kappa shape index (κ1) is 41.6. The fourth-order valence-electron chi connectivity index (χ4n) is 6.73. The molecule has 0 aliphatic heterocycles. The van der Waals surface area contributed by atoms with Gasteiger partial charge in [0.05, 0.1) is 24.7 Å². The lowest BCUT2D eigenvalue weighted by Gasteiger charge is -2.13. The van der Waals surface area contributed by atoms with Crippen LogP contribution in [0.1, 0.15) is 158 Å². The summed E-state index contributed by atoms with van der Waals surface area (Å²) in [6.07, 6.45) is 23.2. The molecule has 0 N–H and O–H groups in total. The second kappa shape index (κ2) is 24.2. The van der Waals surface area contributed by atoms with Gasteiger partial charge in [0.25, 0.3) is 0 Å². The molecule has 4 rings (SSSR count). The lowest BCUT2D eigenvalue weighted by atomic mass is 9.98. The smallest absolute Gasteiger partial charge is 0.343 e. The van der Waals surface area contributed by atoms with Gasteiger partial charge in [-0.3, -0.25) is 4.79 Å². The van der Waals surface area contributed by atoms with Gasteiger partial charge in [-0.2, -0.15) is 0 Å². The maximum Gasteiger partial charge on any atom is 0.343 e. The molecule has 53 heavy (non-hydrogen) atoms. The molecule has 0 heterocycles. The van der Waals surface area contributed by atoms with E-state index in [0.29, 0.717) is 17.9 Å². The van der Waals surface area contributed by atoms with E-state index in [9.17, 15) is 9.59 Å². The highest BCUT2D eigenvalue weighted by Gasteiger charge is 2.17. The first-order valence-electron chi connectivity index (χ1n) is 20.7. The van der Waals surface area contributed by atoms with E-state index in [0.717, 1.165) is 71.9 Å². The van der Waals surface area contributed by atoms with Crippen molar-refractivity contribution in [3.05, 3.63) is 96.1 Å². The summed E-state index contributed by atoms with van der Waals surface area (Å²) in [6, 6.07) is 27.1. The Hall–Kier alpha value is -4.12. The summed E-state index contributed by atoms with van der Waals surface area (Å²) in [6.45, 7) is 7.54. The van der Waals surface area contributed by atoms with Crippen molar-refractivity contribution >= 4 is 22.7 Å². The van der Waals surface area contributed by atoms with E-state index in [2.05, 4.69) is 26.0 Å². The summed E-state index contributed by atoms with van der Waals surface area (Å²) in [4.78, 5) is 25.6. The van der Waals surface area contributed by atoms with Crippen molar-refractivity contribution in [1.82, 2.24) is 0 Å². The molecule has 5 nitrogen and oxygen atoms in total. The van der Waals surface area contributed by atoms with Crippen LogP contribution in [0.5, 0.6) is 11.5 Å². The van der Waals surface area contributed by atoms with E-state index in [1.54, 1.807) is 18.2 Å². The number of carbonyl (C=O) groups excluding carboxylic acids is 2. The Morgan fingerprint density at radius 1 is 0.509 bits per heavy atom. The van der Waals surface area contributed by atoms with Crippen LogP contribution in [0.2, 0.25) is 0 Å². The molecule has 4 aromatic rings. The molecule has 0 fully saturated rings. The minimum Gasteiger partial charge on any atom is -0.494 e. The lowest BCUT2D eigenvalue weighted by molar-refractivity contribution is -0.145. The van der Waals surface area contributed by atoms with E-state index in [1.165, 1.54) is 83.5 Å². The van der Waals surface area contributed by atoms with Gasteiger partial charge in [-0.25, -0.2) is 4.79 Å². The quantitative estimate of drug-likeness (QED) is 0.0367. The number of esters is 2. The van der Waals surface area contributed by atoms with Crippen LogP contribution in [-0.4, -0.2) is 25.2 Å². The summed E-state index contributed by atoms with van der Waals surface area (Å²) in [7, 11) is 0. The lowest BCUT2D eigenvalue weighted by Crippen LogP contribution is -2.14. The Kier molecular flexibility index (Phi) is 19.0. The van der Waals surface area contributed by atoms with Crippen LogP contribution in [0, 0.1) is 0 Å². The number of hydrogen-bond donors (Lipinski definition) is 0. The van der Waals surface area contributed by atoms with Crippen molar-refractivity contribution in [3.8, 4) is 22.6 Å². The Morgan fingerprint density at radius 2 is 0.981 bits per heavy atom. The molecule has 0 bridgehead atoms. The van der Waals surface area contributed by atoms with Crippen molar-refractivity contribution in [2.75, 3.05) is 13.2 Å². The van der Waals surface area contributed by atoms with Gasteiger partial charge < -0.3 is 14.2 Å². The van der Waals surface area contributed by atoms with Crippen LogP contribution < -0.4 is 9.47 Å². The molecule has 0 saturated heterocycles. The molecule has 0 unspecified atom stereocenters. The fourth-order valence-corrected chi connectivity index (χ4v) is 6.73. The largest absolute Gasteiger partial charge is 0.494 e. The van der Waals surface area contributed by atoms with Crippen LogP contribution in [0.4, 0.5) is 0 Å². The molecule has 286 valence electrons. The average Bonchev–Trinajstić information content (AvgIpc) is 3.19. The SMILES string of the molecule is CCCCCCCCCCCCCCCCOc1ccc(-c2ccc(C(=O)Oc3ccc4cc([C@H](C)C(=O)OCCCCCC)ccc4c3)cc2)cc1. The highest BCUT2D eigenvalue weighted by molar-refractivity contribution is 5.93. The van der Waals surface area contributed by atoms with Crippen molar-refractivity contribution in [2.45, 2.75) is 142 Å². The number of ether oxygens (including phenoxy) is 3. The molecule has 0 amide bonds. The predicted molar refractivity (Wildman–Crippen MR) is 220 cm³/mol. The first-order valence-corrected chi connectivity index (χ1v) is 20.7. The first-order chi connectivity index (χ1) is 26.0. The number of benzene rings is 4. The number of rotatable bonds is 26. The molecule has 0 saturated carbocycles. The predicted octanol–water partition coefficient (Wildman–Crippen LogP) is 13.8. The van der Waals surface area contributed by atoms with Crippen LogP contribution in [0.3, 0.4) is 0 Å². The Balaban J connectivity index is 1.13. The van der Waals surface area contributed by atoms with Gasteiger partial charge in [0.1, 0.15) is 11.5 Å². The molecule has 0 aromatic heterocycles. The van der Waals surface area contributed by atoms with Gasteiger partial charge in [-0.05, 0) is 83.6 Å². The molecule has 5 heteroatoms. The highest BCUT2D eigenvalue weighted by atomic mass is 16.5. The Morgan fingerprint density at radius 3 is 1.58 bits per heavy atom. The minimum absolute atomic E-state index is 0.200. The normalized spacial score (nSPS) is 11.8. The number of unbranched alkanes of at least 4 members (excludes halogenated alkanes) is 16. The maximum absolute atomic E-state index is 13.0. The van der Waals surface area contributed by atoms with Gasteiger partial charge in [0, 0.05) is 0 Å². The third kappa shape index (κ3) is 15.0. The number of hydrogen-bond acceptors (Lipinski definition) is 5. The molecule has 0 aliphatic rings. The standard InChI is InChI=1S/C48H64O5/c1-4-6-8-10-11-12-13-14-15-16-17-18-19-21-34-51-45-31-28-40(29-32-45)39-22-24-41(25-23-39)48(50)53-46-33-30-43-36-42(26-27-44(43)37-46)38(3)47(49)52-35-20-9-7-5-2/h22-33,36-38H,4-21,34-35H2,1-3H3/t38-/m0/s1. The Bertz CT molecular complexity index is 1620. The van der Waals surface area contributed by atoms with E-state index >= 15 is 0 Å². The van der Waals surface area contributed by atoms with Crippen LogP contribution >= 0.6 is 0 Å². The van der Waals surface area contributed by atoms with Crippen LogP contribution in [0.15, 0.2) is 84.9 Å². The third-order valence-electron chi connectivity index (χ3n) is 10.2. The number of carbonyl (C=O) groups is 2. The average molecular weight is 721 g/mol. The molecular formula is C48H64O5. The second-order valence-electron chi connectivity index (χ2n) is 14.7. The minimum atomic E-state index is -0.407. The molecular weight excluding hydrogens is 657 g/mol. The summed E-state index contributed by atoms with van der Waals surface area (Å²) in [5.74, 6) is 0.411. The summed E-state index contributed by atoms with van der Waals surface area (Å²) >= 11 is 0. The summed E-state index contributed by atoms with van der Waals surface area (Å²) in [5.41, 5.74) is 3.48. The van der Waals surface area contributed by atoms with Gasteiger partial charge in [-0.15, -0.1) is 0 Å². The number of fused-ring (bicyclic) bond motifs is 1. The van der Waals surface area contributed by atoms with Gasteiger partial charge >= 0.3 is 11.9 Å². The summed E-state index contributed by atoms with van der Waals surface area (Å²) < 4.78 is 17.2. The highest BCUT2D eigenvalue weighted by Crippen LogP contribution is 2.28. The van der Waals surface area contributed by atoms with Gasteiger partial charge in [0.2, 0.25) is 0 Å².